The fourth-order valence-electron chi connectivity index (χ4n) is 2.63. The predicted molar refractivity (Wildman–Crippen MR) is 65.8 cm³/mol. The Hall–Kier alpha value is -0.170. The predicted octanol–water partition coefficient (Wildman–Crippen LogP) is 0.612. The Labute approximate surface area is 103 Å². The molecule has 0 aromatic carbocycles. The van der Waals surface area contributed by atoms with E-state index in [0.717, 1.165) is 32.1 Å². The molecule has 0 amide bonds. The van der Waals surface area contributed by atoms with Gasteiger partial charge in [-0.1, -0.05) is 19.3 Å². The highest BCUT2D eigenvalue weighted by Crippen LogP contribution is 2.28. The lowest BCUT2D eigenvalue weighted by Crippen LogP contribution is -2.48. The van der Waals surface area contributed by atoms with Gasteiger partial charge in [-0.05, 0) is 25.7 Å². The second-order valence-corrected chi connectivity index (χ2v) is 6.97. The Bertz CT molecular complexity index is 344. The number of hydrogen-bond acceptors (Lipinski definition) is 3. The Morgan fingerprint density at radius 2 is 1.65 bits per heavy atom. The maximum Gasteiger partial charge on any atom is 0.279 e. The lowest BCUT2D eigenvalue weighted by molar-refractivity contribution is 0.0527. The number of nitrogens with zero attached hydrogens (tertiary/aromatic N) is 1. The maximum atomic E-state index is 12.0. The third-order valence-electron chi connectivity index (χ3n) is 3.77. The third-order valence-corrected chi connectivity index (χ3v) is 5.33. The number of nitrogens with one attached hydrogen (secondary N) is 1. The first-order valence-corrected chi connectivity index (χ1v) is 7.93. The average molecular weight is 262 g/mol. The summed E-state index contributed by atoms with van der Waals surface area (Å²) in [5.74, 6) is 0. The molecule has 0 bridgehead atoms. The molecular weight excluding hydrogens is 240 g/mol. The van der Waals surface area contributed by atoms with E-state index in [2.05, 4.69) is 4.72 Å². The fourth-order valence-corrected chi connectivity index (χ4v) is 4.00. The van der Waals surface area contributed by atoms with Crippen LogP contribution in [0.3, 0.4) is 0 Å². The molecule has 2 aliphatic rings. The molecule has 100 valence electrons. The zero-order valence-corrected chi connectivity index (χ0v) is 11.0. The van der Waals surface area contributed by atoms with Gasteiger partial charge in [0.05, 0.1) is 5.60 Å². The van der Waals surface area contributed by atoms with Gasteiger partial charge in [0, 0.05) is 19.6 Å². The molecule has 6 heteroatoms. The van der Waals surface area contributed by atoms with E-state index in [9.17, 15) is 13.5 Å². The number of hydrogen-bond donors (Lipinski definition) is 2. The normalized spacial score (nSPS) is 26.2. The average Bonchev–Trinajstić information content (AvgIpc) is 2.76. The maximum absolute atomic E-state index is 12.0. The summed E-state index contributed by atoms with van der Waals surface area (Å²) in [6.07, 6.45) is 6.36. The van der Waals surface area contributed by atoms with Gasteiger partial charge in [-0.3, -0.25) is 0 Å². The van der Waals surface area contributed by atoms with Crippen molar-refractivity contribution < 1.29 is 13.5 Å². The van der Waals surface area contributed by atoms with Gasteiger partial charge < -0.3 is 5.11 Å². The second kappa shape index (κ2) is 5.22. The van der Waals surface area contributed by atoms with Crippen molar-refractivity contribution in [3.05, 3.63) is 0 Å². The van der Waals surface area contributed by atoms with E-state index in [1.54, 1.807) is 0 Å². The summed E-state index contributed by atoms with van der Waals surface area (Å²) < 4.78 is 28.0. The first-order chi connectivity index (χ1) is 8.02. The van der Waals surface area contributed by atoms with Crippen LogP contribution in [0.25, 0.3) is 0 Å². The minimum absolute atomic E-state index is 0.159. The second-order valence-electron chi connectivity index (χ2n) is 5.22. The summed E-state index contributed by atoms with van der Waals surface area (Å²) in [7, 11) is -3.39. The van der Waals surface area contributed by atoms with Crippen molar-refractivity contribution in [2.45, 2.75) is 50.5 Å². The first kappa shape index (κ1) is 13.3. The van der Waals surface area contributed by atoms with E-state index in [1.165, 1.54) is 4.31 Å². The molecule has 2 rings (SSSR count). The van der Waals surface area contributed by atoms with Gasteiger partial charge in [0.2, 0.25) is 0 Å². The highest BCUT2D eigenvalue weighted by atomic mass is 32.2. The Morgan fingerprint density at radius 1 is 1.06 bits per heavy atom. The van der Waals surface area contributed by atoms with Crippen molar-refractivity contribution in [2.75, 3.05) is 19.6 Å². The Kier molecular flexibility index (Phi) is 4.07. The topological polar surface area (TPSA) is 69.6 Å². The van der Waals surface area contributed by atoms with Gasteiger partial charge >= 0.3 is 0 Å². The Balaban J connectivity index is 1.88. The number of rotatable bonds is 4. The molecule has 2 fully saturated rings. The van der Waals surface area contributed by atoms with E-state index in [0.29, 0.717) is 25.9 Å². The highest BCUT2D eigenvalue weighted by Gasteiger charge is 2.33. The van der Waals surface area contributed by atoms with E-state index < -0.39 is 15.8 Å². The minimum Gasteiger partial charge on any atom is -0.389 e. The summed E-state index contributed by atoms with van der Waals surface area (Å²) in [6.45, 7) is 1.37. The summed E-state index contributed by atoms with van der Waals surface area (Å²) in [6, 6.07) is 0. The molecular formula is C11H22N2O3S. The lowest BCUT2D eigenvalue weighted by Gasteiger charge is -2.28. The van der Waals surface area contributed by atoms with Crippen LogP contribution < -0.4 is 4.72 Å². The van der Waals surface area contributed by atoms with Crippen molar-refractivity contribution in [3.8, 4) is 0 Å². The molecule has 0 unspecified atom stereocenters. The van der Waals surface area contributed by atoms with Crippen LogP contribution in [0.4, 0.5) is 0 Å². The molecule has 1 aliphatic carbocycles. The van der Waals surface area contributed by atoms with Crippen molar-refractivity contribution in [3.63, 3.8) is 0 Å². The molecule has 1 saturated carbocycles. The fraction of sp³-hybridized carbons (Fsp3) is 1.00. The molecule has 1 aliphatic heterocycles. The summed E-state index contributed by atoms with van der Waals surface area (Å²) in [5.41, 5.74) is -0.817. The van der Waals surface area contributed by atoms with Crippen molar-refractivity contribution in [1.82, 2.24) is 9.03 Å². The zero-order chi connectivity index (χ0) is 12.4. The van der Waals surface area contributed by atoms with Gasteiger partial charge in [-0.2, -0.15) is 17.4 Å². The third kappa shape index (κ3) is 3.40. The van der Waals surface area contributed by atoms with Gasteiger partial charge in [0.25, 0.3) is 10.2 Å². The van der Waals surface area contributed by atoms with Crippen molar-refractivity contribution >= 4 is 10.2 Å². The van der Waals surface area contributed by atoms with Crippen LogP contribution in [-0.2, 0) is 10.2 Å². The SMILES string of the molecule is O=S(=O)(NCC1(O)CCCC1)N1CCCCC1. The van der Waals surface area contributed by atoms with E-state index in [-0.39, 0.29) is 6.54 Å². The quantitative estimate of drug-likeness (QED) is 0.780. The van der Waals surface area contributed by atoms with Crippen LogP contribution in [-0.4, -0.2) is 43.1 Å². The van der Waals surface area contributed by atoms with Crippen LogP contribution in [0, 0.1) is 0 Å². The van der Waals surface area contributed by atoms with Gasteiger partial charge in [0.1, 0.15) is 0 Å². The van der Waals surface area contributed by atoms with Crippen molar-refractivity contribution in [2.24, 2.45) is 0 Å². The monoisotopic (exact) mass is 262 g/mol. The van der Waals surface area contributed by atoms with Crippen LogP contribution in [0.15, 0.2) is 0 Å². The van der Waals surface area contributed by atoms with Crippen LogP contribution in [0.2, 0.25) is 0 Å². The first-order valence-electron chi connectivity index (χ1n) is 6.49. The molecule has 17 heavy (non-hydrogen) atoms. The highest BCUT2D eigenvalue weighted by molar-refractivity contribution is 7.87. The molecule has 0 spiro atoms. The zero-order valence-electron chi connectivity index (χ0n) is 10.2. The molecule has 2 N–H and O–H groups in total. The number of piperidine rings is 1. The molecule has 0 atom stereocenters. The summed E-state index contributed by atoms with van der Waals surface area (Å²) in [4.78, 5) is 0. The lowest BCUT2D eigenvalue weighted by atomic mass is 10.0. The van der Waals surface area contributed by atoms with Gasteiger partial charge in [0.15, 0.2) is 0 Å². The smallest absolute Gasteiger partial charge is 0.279 e. The molecule has 1 saturated heterocycles. The number of aliphatic hydroxyl groups is 1. The van der Waals surface area contributed by atoms with Gasteiger partial charge in [-0.15, -0.1) is 0 Å². The molecule has 0 aromatic heterocycles. The largest absolute Gasteiger partial charge is 0.389 e. The Morgan fingerprint density at radius 3 is 2.24 bits per heavy atom. The van der Waals surface area contributed by atoms with Crippen LogP contribution in [0.1, 0.15) is 44.9 Å². The van der Waals surface area contributed by atoms with E-state index in [4.69, 9.17) is 0 Å². The van der Waals surface area contributed by atoms with Crippen LogP contribution >= 0.6 is 0 Å². The van der Waals surface area contributed by atoms with Crippen molar-refractivity contribution in [1.29, 1.82) is 0 Å². The van der Waals surface area contributed by atoms with E-state index in [1.807, 2.05) is 0 Å². The summed E-state index contributed by atoms with van der Waals surface area (Å²) in [5, 5.41) is 10.1. The molecule has 0 aromatic rings. The minimum atomic E-state index is -3.39. The van der Waals surface area contributed by atoms with Gasteiger partial charge in [-0.25, -0.2) is 0 Å². The summed E-state index contributed by atoms with van der Waals surface area (Å²) >= 11 is 0. The standard InChI is InChI=1S/C11H22N2O3S/c14-11(6-2-3-7-11)10-12-17(15,16)13-8-4-1-5-9-13/h12,14H,1-10H2. The van der Waals surface area contributed by atoms with E-state index >= 15 is 0 Å². The molecule has 0 radical (unpaired) electrons. The molecule has 1 heterocycles. The molecule has 5 nitrogen and oxygen atoms in total. The van der Waals surface area contributed by atoms with Crippen LogP contribution in [0.5, 0.6) is 0 Å².